The molecule has 0 heterocycles. The van der Waals surface area contributed by atoms with E-state index >= 15 is 0 Å². The summed E-state index contributed by atoms with van der Waals surface area (Å²) >= 11 is 0. The Morgan fingerprint density at radius 2 is 1.38 bits per heavy atom. The van der Waals surface area contributed by atoms with Crippen LogP contribution in [-0.2, 0) is 0 Å². The molecule has 0 aromatic rings. The van der Waals surface area contributed by atoms with Gasteiger partial charge in [-0.15, -0.1) is 0 Å². The van der Waals surface area contributed by atoms with Crippen molar-refractivity contribution in [1.82, 2.24) is 0 Å². The minimum absolute atomic E-state index is 0.400. The maximum Gasteiger partial charge on any atom is 0.0578 e. The van der Waals surface area contributed by atoms with Crippen LogP contribution >= 0.6 is 0 Å². The standard InChI is InChI=1S/C9H22N2O2/c1-6(12)4-9(3,8(10)11)5-7(2)13/h6-8,12-13H,4-5,10-11H2,1-3H3. The second-order valence-corrected chi connectivity index (χ2v) is 4.29. The fourth-order valence-electron chi connectivity index (χ4n) is 1.71. The van der Waals surface area contributed by atoms with Gasteiger partial charge in [-0.1, -0.05) is 6.92 Å². The van der Waals surface area contributed by atoms with E-state index in [0.717, 1.165) is 0 Å². The topological polar surface area (TPSA) is 92.5 Å². The van der Waals surface area contributed by atoms with Crippen molar-refractivity contribution >= 4 is 0 Å². The van der Waals surface area contributed by atoms with Crippen molar-refractivity contribution in [3.8, 4) is 0 Å². The Balaban J connectivity index is 4.34. The molecule has 4 nitrogen and oxygen atoms in total. The van der Waals surface area contributed by atoms with Crippen molar-refractivity contribution in [2.24, 2.45) is 16.9 Å². The Kier molecular flexibility index (Phi) is 4.85. The van der Waals surface area contributed by atoms with E-state index in [1.165, 1.54) is 0 Å². The second-order valence-electron chi connectivity index (χ2n) is 4.29. The Morgan fingerprint density at radius 1 is 1.08 bits per heavy atom. The lowest BCUT2D eigenvalue weighted by atomic mass is 9.77. The SMILES string of the molecule is CC(O)CC(C)(CC(C)O)C(N)N. The molecule has 0 aliphatic carbocycles. The van der Waals surface area contributed by atoms with Crippen LogP contribution in [0.15, 0.2) is 0 Å². The first-order chi connectivity index (χ1) is 5.78. The third kappa shape index (κ3) is 4.57. The molecule has 4 heteroatoms. The maximum atomic E-state index is 9.26. The lowest BCUT2D eigenvalue weighted by molar-refractivity contribution is 0.0548. The number of nitrogens with two attached hydrogens (primary N) is 2. The van der Waals surface area contributed by atoms with Crippen LogP contribution in [0.4, 0.5) is 0 Å². The van der Waals surface area contributed by atoms with E-state index in [0.29, 0.717) is 12.8 Å². The average molecular weight is 190 g/mol. The van der Waals surface area contributed by atoms with Gasteiger partial charge in [-0.2, -0.15) is 0 Å². The van der Waals surface area contributed by atoms with Crippen LogP contribution in [0.25, 0.3) is 0 Å². The molecule has 0 fully saturated rings. The summed E-state index contributed by atoms with van der Waals surface area (Å²) in [4.78, 5) is 0. The van der Waals surface area contributed by atoms with Crippen LogP contribution in [0, 0.1) is 5.41 Å². The van der Waals surface area contributed by atoms with E-state index < -0.39 is 23.8 Å². The minimum atomic E-state index is -0.517. The largest absolute Gasteiger partial charge is 0.393 e. The van der Waals surface area contributed by atoms with Crippen molar-refractivity contribution in [3.63, 3.8) is 0 Å². The molecule has 2 unspecified atom stereocenters. The Bertz CT molecular complexity index is 137. The Labute approximate surface area is 79.9 Å². The number of rotatable bonds is 5. The lowest BCUT2D eigenvalue weighted by Crippen LogP contribution is -2.49. The first-order valence-corrected chi connectivity index (χ1v) is 4.65. The summed E-state index contributed by atoms with van der Waals surface area (Å²) in [6, 6.07) is 0. The van der Waals surface area contributed by atoms with Crippen LogP contribution < -0.4 is 11.5 Å². The molecule has 0 bridgehead atoms. The van der Waals surface area contributed by atoms with Crippen molar-refractivity contribution < 1.29 is 10.2 Å². The van der Waals surface area contributed by atoms with Gasteiger partial charge in [0.1, 0.15) is 0 Å². The second kappa shape index (κ2) is 4.91. The fourth-order valence-corrected chi connectivity index (χ4v) is 1.71. The zero-order chi connectivity index (χ0) is 10.6. The van der Waals surface area contributed by atoms with Crippen LogP contribution in [0.5, 0.6) is 0 Å². The molecule has 0 aromatic carbocycles. The third-order valence-electron chi connectivity index (χ3n) is 2.33. The summed E-state index contributed by atoms with van der Waals surface area (Å²) in [5.74, 6) is 0. The Morgan fingerprint density at radius 3 is 1.54 bits per heavy atom. The van der Waals surface area contributed by atoms with Gasteiger partial charge in [-0.05, 0) is 26.7 Å². The molecule has 6 N–H and O–H groups in total. The molecule has 0 spiro atoms. The third-order valence-corrected chi connectivity index (χ3v) is 2.33. The molecule has 0 radical (unpaired) electrons. The lowest BCUT2D eigenvalue weighted by Gasteiger charge is -2.35. The van der Waals surface area contributed by atoms with Gasteiger partial charge in [0.25, 0.3) is 0 Å². The highest BCUT2D eigenvalue weighted by atomic mass is 16.3. The predicted molar refractivity (Wildman–Crippen MR) is 52.9 cm³/mol. The minimum Gasteiger partial charge on any atom is -0.393 e. The summed E-state index contributed by atoms with van der Waals surface area (Å²) in [6.07, 6.45) is -0.390. The van der Waals surface area contributed by atoms with Gasteiger partial charge in [-0.3, -0.25) is 0 Å². The molecular formula is C9H22N2O2. The average Bonchev–Trinajstić information content (AvgIpc) is 1.82. The van der Waals surface area contributed by atoms with E-state index in [-0.39, 0.29) is 0 Å². The summed E-state index contributed by atoms with van der Waals surface area (Å²) in [6.45, 7) is 5.28. The highest BCUT2D eigenvalue weighted by Crippen LogP contribution is 2.30. The quantitative estimate of drug-likeness (QED) is 0.451. The van der Waals surface area contributed by atoms with Gasteiger partial charge in [-0.25, -0.2) is 0 Å². The van der Waals surface area contributed by atoms with E-state index in [1.54, 1.807) is 13.8 Å². The number of aliphatic hydroxyl groups excluding tert-OH is 2. The van der Waals surface area contributed by atoms with Crippen molar-refractivity contribution in [1.29, 1.82) is 0 Å². The summed E-state index contributed by atoms with van der Waals surface area (Å²) in [5, 5.41) is 18.5. The molecule has 0 saturated heterocycles. The van der Waals surface area contributed by atoms with E-state index in [2.05, 4.69) is 0 Å². The number of hydrogen-bond acceptors (Lipinski definition) is 4. The highest BCUT2D eigenvalue weighted by Gasteiger charge is 2.32. The van der Waals surface area contributed by atoms with Crippen molar-refractivity contribution in [2.45, 2.75) is 52.0 Å². The van der Waals surface area contributed by atoms with Gasteiger partial charge < -0.3 is 21.7 Å². The van der Waals surface area contributed by atoms with Crippen LogP contribution in [0.2, 0.25) is 0 Å². The highest BCUT2D eigenvalue weighted by molar-refractivity contribution is 4.84. The van der Waals surface area contributed by atoms with E-state index in [1.807, 2.05) is 6.92 Å². The molecule has 0 saturated carbocycles. The fraction of sp³-hybridized carbons (Fsp3) is 1.00. The molecule has 0 rings (SSSR count). The predicted octanol–water partition coefficient (Wildman–Crippen LogP) is -0.222. The normalized spacial score (nSPS) is 21.2. The van der Waals surface area contributed by atoms with Gasteiger partial charge in [0.15, 0.2) is 0 Å². The van der Waals surface area contributed by atoms with E-state index in [9.17, 15) is 10.2 Å². The smallest absolute Gasteiger partial charge is 0.0578 e. The summed E-state index contributed by atoms with van der Waals surface area (Å²) in [5.41, 5.74) is 10.8. The van der Waals surface area contributed by atoms with Crippen LogP contribution in [0.1, 0.15) is 33.6 Å². The molecule has 13 heavy (non-hydrogen) atoms. The van der Waals surface area contributed by atoms with Gasteiger partial charge in [0.2, 0.25) is 0 Å². The van der Waals surface area contributed by atoms with E-state index in [4.69, 9.17) is 11.5 Å². The summed E-state index contributed by atoms with van der Waals surface area (Å²) in [7, 11) is 0. The first kappa shape index (κ1) is 12.8. The van der Waals surface area contributed by atoms with Gasteiger partial charge in [0.05, 0.1) is 18.4 Å². The van der Waals surface area contributed by atoms with Crippen LogP contribution in [0.3, 0.4) is 0 Å². The number of aliphatic hydroxyl groups is 2. The van der Waals surface area contributed by atoms with Crippen molar-refractivity contribution in [3.05, 3.63) is 0 Å². The first-order valence-electron chi connectivity index (χ1n) is 4.65. The van der Waals surface area contributed by atoms with Gasteiger partial charge in [0, 0.05) is 5.41 Å². The molecule has 0 aromatic heterocycles. The van der Waals surface area contributed by atoms with Crippen LogP contribution in [-0.4, -0.2) is 28.6 Å². The zero-order valence-corrected chi connectivity index (χ0v) is 8.70. The zero-order valence-electron chi connectivity index (χ0n) is 8.70. The molecule has 0 amide bonds. The molecular weight excluding hydrogens is 168 g/mol. The maximum absolute atomic E-state index is 9.26. The monoisotopic (exact) mass is 190 g/mol. The molecule has 80 valence electrons. The Hall–Kier alpha value is -0.160. The molecule has 0 aliphatic rings. The number of hydrogen-bond donors (Lipinski definition) is 4. The molecule has 0 aliphatic heterocycles. The van der Waals surface area contributed by atoms with Gasteiger partial charge >= 0.3 is 0 Å². The summed E-state index contributed by atoms with van der Waals surface area (Å²) < 4.78 is 0. The molecule has 2 atom stereocenters. The van der Waals surface area contributed by atoms with Crippen molar-refractivity contribution in [2.75, 3.05) is 0 Å².